The van der Waals surface area contributed by atoms with Gasteiger partial charge in [-0.3, -0.25) is 0 Å². The maximum atomic E-state index is 12.6. The third kappa shape index (κ3) is 1.10. The maximum absolute atomic E-state index is 12.6. The van der Waals surface area contributed by atoms with E-state index in [2.05, 4.69) is 9.47 Å². The van der Waals surface area contributed by atoms with Crippen molar-refractivity contribution in [2.45, 2.75) is 6.29 Å². The van der Waals surface area contributed by atoms with Crippen molar-refractivity contribution >= 4 is 5.69 Å². The third-order valence-electron chi connectivity index (χ3n) is 1.73. The quantitative estimate of drug-likeness (QED) is 0.641. The van der Waals surface area contributed by atoms with Gasteiger partial charge in [-0.1, -0.05) is 0 Å². The molecule has 14 heavy (non-hydrogen) atoms. The van der Waals surface area contributed by atoms with Crippen molar-refractivity contribution in [3.63, 3.8) is 0 Å². The number of anilines is 1. The minimum absolute atomic E-state index is 0.0741. The second-order valence-electron chi connectivity index (χ2n) is 2.63. The van der Waals surface area contributed by atoms with Crippen LogP contribution in [0.5, 0.6) is 11.5 Å². The molecule has 1 aromatic rings. The van der Waals surface area contributed by atoms with Gasteiger partial charge in [-0.15, -0.1) is 8.78 Å². The highest BCUT2D eigenvalue weighted by molar-refractivity contribution is 5.69. The van der Waals surface area contributed by atoms with Crippen LogP contribution in [-0.4, -0.2) is 6.29 Å². The van der Waals surface area contributed by atoms with Crippen LogP contribution in [0.3, 0.4) is 0 Å². The molecule has 1 heterocycles. The minimum atomic E-state index is -3.70. The molecule has 1 aliphatic rings. The summed E-state index contributed by atoms with van der Waals surface area (Å²) in [7, 11) is 0. The highest BCUT2D eigenvalue weighted by Crippen LogP contribution is 2.45. The molecule has 72 valence electrons. The molecule has 6 heteroatoms. The Hall–Kier alpha value is -2.03. The first-order chi connectivity index (χ1) is 6.53. The minimum Gasteiger partial charge on any atom is -0.395 e. The van der Waals surface area contributed by atoms with Gasteiger partial charge in [-0.05, 0) is 12.1 Å². The van der Waals surface area contributed by atoms with Crippen LogP contribution in [0.2, 0.25) is 0 Å². The normalized spacial score (nSPS) is 16.4. The molecule has 1 aromatic carbocycles. The fraction of sp³-hybridized carbons (Fsp3) is 0.125. The molecule has 0 aromatic heterocycles. The Morgan fingerprint density at radius 1 is 1.36 bits per heavy atom. The van der Waals surface area contributed by atoms with Crippen LogP contribution in [0.4, 0.5) is 14.5 Å². The third-order valence-corrected chi connectivity index (χ3v) is 1.73. The molecule has 2 N–H and O–H groups in total. The summed E-state index contributed by atoms with van der Waals surface area (Å²) in [5, 5.41) is 8.57. The van der Waals surface area contributed by atoms with Gasteiger partial charge in [0, 0.05) is 0 Å². The first-order valence-corrected chi connectivity index (χ1v) is 3.62. The molecule has 0 spiro atoms. The Balaban J connectivity index is 2.55. The van der Waals surface area contributed by atoms with Gasteiger partial charge < -0.3 is 15.2 Å². The van der Waals surface area contributed by atoms with Crippen LogP contribution in [0.15, 0.2) is 12.1 Å². The van der Waals surface area contributed by atoms with E-state index in [0.717, 1.165) is 0 Å². The van der Waals surface area contributed by atoms with E-state index in [4.69, 9.17) is 11.0 Å². The number of ether oxygens (including phenoxy) is 2. The van der Waals surface area contributed by atoms with Gasteiger partial charge in [-0.25, -0.2) is 0 Å². The average Bonchev–Trinajstić information content (AvgIpc) is 2.42. The fourth-order valence-electron chi connectivity index (χ4n) is 1.13. The standard InChI is InChI=1S/C8H4F2N2O2/c9-8(10)13-5-2-1-4(3-11)6(12)7(5)14-8/h1-2H,12H2. The largest absolute Gasteiger partial charge is 0.586 e. The van der Waals surface area contributed by atoms with Crippen molar-refractivity contribution in [2.75, 3.05) is 5.73 Å². The first kappa shape index (κ1) is 8.56. The maximum Gasteiger partial charge on any atom is 0.586 e. The number of benzene rings is 1. The zero-order valence-corrected chi connectivity index (χ0v) is 6.75. The van der Waals surface area contributed by atoms with Crippen molar-refractivity contribution < 1.29 is 18.3 Å². The molecular weight excluding hydrogens is 194 g/mol. The van der Waals surface area contributed by atoms with E-state index < -0.39 is 6.29 Å². The van der Waals surface area contributed by atoms with E-state index in [0.29, 0.717) is 0 Å². The van der Waals surface area contributed by atoms with Crippen LogP contribution >= 0.6 is 0 Å². The molecule has 0 bridgehead atoms. The fourth-order valence-corrected chi connectivity index (χ4v) is 1.13. The zero-order chi connectivity index (χ0) is 10.3. The van der Waals surface area contributed by atoms with E-state index >= 15 is 0 Å². The van der Waals surface area contributed by atoms with Gasteiger partial charge in [0.25, 0.3) is 0 Å². The highest BCUT2D eigenvalue weighted by Gasteiger charge is 2.44. The Bertz CT molecular complexity index is 440. The van der Waals surface area contributed by atoms with E-state index in [1.165, 1.54) is 12.1 Å². The summed E-state index contributed by atoms with van der Waals surface area (Å²) in [6.45, 7) is 0. The van der Waals surface area contributed by atoms with Crippen molar-refractivity contribution in [3.05, 3.63) is 17.7 Å². The Kier molecular flexibility index (Phi) is 1.52. The molecule has 0 atom stereocenters. The SMILES string of the molecule is N#Cc1ccc2c(c1N)OC(F)(F)O2. The summed E-state index contributed by atoms with van der Waals surface area (Å²) in [5.74, 6) is -0.444. The number of fused-ring (bicyclic) bond motifs is 1. The van der Waals surface area contributed by atoms with Crippen molar-refractivity contribution in [1.29, 1.82) is 5.26 Å². The van der Waals surface area contributed by atoms with E-state index in [-0.39, 0.29) is 22.7 Å². The Morgan fingerprint density at radius 2 is 2.07 bits per heavy atom. The summed E-state index contributed by atoms with van der Waals surface area (Å²) in [6.07, 6.45) is -3.70. The number of hydrogen-bond acceptors (Lipinski definition) is 4. The zero-order valence-electron chi connectivity index (χ0n) is 6.75. The average molecular weight is 198 g/mol. The molecule has 0 radical (unpaired) electrons. The van der Waals surface area contributed by atoms with Gasteiger partial charge >= 0.3 is 6.29 Å². The number of nitrogens with two attached hydrogens (primary N) is 1. The number of nitrogens with zero attached hydrogens (tertiary/aromatic N) is 1. The molecule has 0 saturated carbocycles. The number of hydrogen-bond donors (Lipinski definition) is 1. The lowest BCUT2D eigenvalue weighted by Gasteiger charge is -2.05. The van der Waals surface area contributed by atoms with Crippen molar-refractivity contribution in [3.8, 4) is 17.6 Å². The molecule has 0 aliphatic carbocycles. The predicted molar refractivity (Wildman–Crippen MR) is 41.8 cm³/mol. The molecule has 1 aliphatic heterocycles. The van der Waals surface area contributed by atoms with Crippen molar-refractivity contribution in [1.82, 2.24) is 0 Å². The Labute approximate surface area is 77.4 Å². The molecule has 4 nitrogen and oxygen atoms in total. The number of nitrogen functional groups attached to an aromatic ring is 1. The van der Waals surface area contributed by atoms with E-state index in [1.54, 1.807) is 6.07 Å². The molecule has 0 fully saturated rings. The second-order valence-corrected chi connectivity index (χ2v) is 2.63. The summed E-state index contributed by atoms with van der Waals surface area (Å²) >= 11 is 0. The predicted octanol–water partition coefficient (Wildman–Crippen LogP) is 1.46. The summed E-state index contributed by atoms with van der Waals surface area (Å²) < 4.78 is 33.4. The second kappa shape index (κ2) is 2.48. The van der Waals surface area contributed by atoms with E-state index in [9.17, 15) is 8.78 Å². The van der Waals surface area contributed by atoms with Gasteiger partial charge in [0.15, 0.2) is 11.5 Å². The number of halogens is 2. The summed E-state index contributed by atoms with van der Waals surface area (Å²) in [5.41, 5.74) is 5.34. The number of nitriles is 1. The Morgan fingerprint density at radius 3 is 2.71 bits per heavy atom. The first-order valence-electron chi connectivity index (χ1n) is 3.62. The van der Waals surface area contributed by atoms with Gasteiger partial charge in [0.2, 0.25) is 0 Å². The summed E-state index contributed by atoms with van der Waals surface area (Å²) in [4.78, 5) is 0. The molecule has 0 saturated heterocycles. The van der Waals surface area contributed by atoms with Crippen LogP contribution < -0.4 is 15.2 Å². The lowest BCUT2D eigenvalue weighted by molar-refractivity contribution is -0.286. The molecule has 2 rings (SSSR count). The van der Waals surface area contributed by atoms with Crippen LogP contribution in [0.25, 0.3) is 0 Å². The lowest BCUT2D eigenvalue weighted by Crippen LogP contribution is -2.26. The number of alkyl halides is 2. The van der Waals surface area contributed by atoms with Gasteiger partial charge in [-0.2, -0.15) is 5.26 Å². The lowest BCUT2D eigenvalue weighted by atomic mass is 10.2. The van der Waals surface area contributed by atoms with Crippen molar-refractivity contribution in [2.24, 2.45) is 0 Å². The highest BCUT2D eigenvalue weighted by atomic mass is 19.3. The topological polar surface area (TPSA) is 68.3 Å². The molecular formula is C8H4F2N2O2. The monoisotopic (exact) mass is 198 g/mol. The van der Waals surface area contributed by atoms with Gasteiger partial charge in [0.1, 0.15) is 6.07 Å². The summed E-state index contributed by atoms with van der Waals surface area (Å²) in [6, 6.07) is 4.25. The van der Waals surface area contributed by atoms with E-state index in [1.807, 2.05) is 0 Å². The smallest absolute Gasteiger partial charge is 0.395 e. The number of rotatable bonds is 0. The van der Waals surface area contributed by atoms with Gasteiger partial charge in [0.05, 0.1) is 11.3 Å². The van der Waals surface area contributed by atoms with Crippen LogP contribution in [-0.2, 0) is 0 Å². The molecule has 0 amide bonds. The molecule has 0 unspecified atom stereocenters. The van der Waals surface area contributed by atoms with Crippen LogP contribution in [0.1, 0.15) is 5.56 Å². The van der Waals surface area contributed by atoms with Crippen LogP contribution in [0, 0.1) is 11.3 Å².